The minimum absolute atomic E-state index is 0.0643. The third kappa shape index (κ3) is 4.03. The van der Waals surface area contributed by atoms with Crippen LogP contribution in [0.3, 0.4) is 0 Å². The van der Waals surface area contributed by atoms with Crippen molar-refractivity contribution in [1.29, 1.82) is 0 Å². The topological polar surface area (TPSA) is 59.8 Å². The van der Waals surface area contributed by atoms with Crippen LogP contribution in [-0.4, -0.2) is 26.7 Å². The van der Waals surface area contributed by atoms with Crippen LogP contribution in [-0.2, 0) is 6.54 Å². The Morgan fingerprint density at radius 1 is 1.31 bits per heavy atom. The summed E-state index contributed by atoms with van der Waals surface area (Å²) in [5, 5.41) is 7.67. The van der Waals surface area contributed by atoms with E-state index in [9.17, 15) is 9.18 Å². The second kappa shape index (κ2) is 7.85. The number of rotatable bonds is 5. The van der Waals surface area contributed by atoms with Crippen molar-refractivity contribution in [3.8, 4) is 0 Å². The summed E-state index contributed by atoms with van der Waals surface area (Å²) in [5.41, 5.74) is 1.16. The van der Waals surface area contributed by atoms with Gasteiger partial charge in [0, 0.05) is 17.8 Å². The fourth-order valence-corrected chi connectivity index (χ4v) is 2.96. The third-order valence-electron chi connectivity index (χ3n) is 3.73. The largest absolute Gasteiger partial charge is 0.345 e. The maximum atomic E-state index is 14.0. The Hall–Kier alpha value is -2.44. The van der Waals surface area contributed by atoms with Gasteiger partial charge in [-0.05, 0) is 31.2 Å². The lowest BCUT2D eigenvalue weighted by Crippen LogP contribution is -2.31. The van der Waals surface area contributed by atoms with Crippen molar-refractivity contribution in [1.82, 2.24) is 20.1 Å². The molecule has 3 rings (SSSR count). The molecule has 1 atom stereocenters. The first-order chi connectivity index (χ1) is 12.5. The highest BCUT2D eigenvalue weighted by Crippen LogP contribution is 2.19. The first-order valence-corrected chi connectivity index (χ1v) is 8.60. The first kappa shape index (κ1) is 18.4. The average Bonchev–Trinajstić information content (AvgIpc) is 2.95. The van der Waals surface area contributed by atoms with E-state index in [1.165, 1.54) is 16.8 Å². The van der Waals surface area contributed by atoms with Crippen LogP contribution in [0.4, 0.5) is 4.39 Å². The highest BCUT2D eigenvalue weighted by Gasteiger charge is 2.19. The highest BCUT2D eigenvalue weighted by atomic mass is 35.5. The molecule has 1 aromatic carbocycles. The van der Waals surface area contributed by atoms with Crippen molar-refractivity contribution in [2.75, 3.05) is 0 Å². The summed E-state index contributed by atoms with van der Waals surface area (Å²) in [6, 6.07) is 9.50. The summed E-state index contributed by atoms with van der Waals surface area (Å²) in [5.74, 6) is -0.734. The predicted molar refractivity (Wildman–Crippen MR) is 99.7 cm³/mol. The number of hydrogen-bond acceptors (Lipinski definition) is 3. The number of benzene rings is 1. The van der Waals surface area contributed by atoms with Gasteiger partial charge in [0.05, 0.1) is 11.9 Å². The van der Waals surface area contributed by atoms with E-state index in [0.29, 0.717) is 16.6 Å². The van der Waals surface area contributed by atoms with E-state index < -0.39 is 5.91 Å². The molecule has 2 aromatic heterocycles. The van der Waals surface area contributed by atoms with Crippen molar-refractivity contribution < 1.29 is 9.18 Å². The molecule has 0 radical (unpaired) electrons. The van der Waals surface area contributed by atoms with Gasteiger partial charge in [0.15, 0.2) is 11.3 Å². The lowest BCUT2D eigenvalue weighted by atomic mass is 10.2. The molecule has 0 saturated heterocycles. The van der Waals surface area contributed by atoms with Gasteiger partial charge in [-0.1, -0.05) is 41.4 Å². The molecular weight excluding hydrogens is 378 g/mol. The molecule has 1 unspecified atom stereocenters. The molecule has 0 bridgehead atoms. The van der Waals surface area contributed by atoms with E-state index in [2.05, 4.69) is 15.4 Å². The molecule has 5 nitrogen and oxygen atoms in total. The quantitative estimate of drug-likeness (QED) is 0.712. The number of aromatic nitrogens is 3. The summed E-state index contributed by atoms with van der Waals surface area (Å²) < 4.78 is 15.5. The van der Waals surface area contributed by atoms with Gasteiger partial charge >= 0.3 is 0 Å². The smallest absolute Gasteiger partial charge is 0.272 e. The van der Waals surface area contributed by atoms with Crippen LogP contribution in [0.15, 0.2) is 53.2 Å². The number of fused-ring (bicyclic) bond motifs is 1. The van der Waals surface area contributed by atoms with E-state index >= 15 is 0 Å². The molecule has 0 fully saturated rings. The first-order valence-electron chi connectivity index (χ1n) is 7.84. The molecule has 3 aromatic rings. The number of amides is 1. The van der Waals surface area contributed by atoms with E-state index in [-0.39, 0.29) is 28.6 Å². The highest BCUT2D eigenvalue weighted by molar-refractivity contribution is 6.55. The van der Waals surface area contributed by atoms with Crippen molar-refractivity contribution in [3.63, 3.8) is 0 Å². The molecule has 134 valence electrons. The van der Waals surface area contributed by atoms with Gasteiger partial charge in [-0.2, -0.15) is 5.10 Å². The zero-order valence-corrected chi connectivity index (χ0v) is 15.3. The van der Waals surface area contributed by atoms with E-state index in [1.807, 2.05) is 0 Å². The molecule has 1 amide bonds. The standard InChI is InChI=1S/C18H15Cl2FN4O/c1-11(9-15(19)20)23-18(26)16-13-6-4-8-22-17(13)25(24-16)10-12-5-2-3-7-14(12)21/h2-9,11H,10H2,1H3,(H,23,26). The van der Waals surface area contributed by atoms with Crippen molar-refractivity contribution in [2.24, 2.45) is 0 Å². The van der Waals surface area contributed by atoms with Crippen molar-refractivity contribution in [3.05, 3.63) is 70.2 Å². The normalized spacial score (nSPS) is 12.0. The monoisotopic (exact) mass is 392 g/mol. The Bertz CT molecular complexity index is 982. The van der Waals surface area contributed by atoms with Crippen LogP contribution >= 0.6 is 23.2 Å². The summed E-state index contributed by atoms with van der Waals surface area (Å²) in [6.07, 6.45) is 3.10. The zero-order chi connectivity index (χ0) is 18.7. The summed E-state index contributed by atoms with van der Waals surface area (Å²) in [4.78, 5) is 16.9. The molecule has 0 aliphatic rings. The minimum Gasteiger partial charge on any atom is -0.345 e. The molecule has 0 aliphatic carbocycles. The fourth-order valence-electron chi connectivity index (χ4n) is 2.58. The molecule has 8 heteroatoms. The van der Waals surface area contributed by atoms with Crippen molar-refractivity contribution >= 4 is 40.1 Å². The molecule has 0 aliphatic heterocycles. The van der Waals surface area contributed by atoms with Gasteiger partial charge in [-0.15, -0.1) is 0 Å². The Morgan fingerprint density at radius 2 is 2.08 bits per heavy atom. The molecular formula is C18H15Cl2FN4O. The lowest BCUT2D eigenvalue weighted by Gasteiger charge is -2.08. The van der Waals surface area contributed by atoms with Crippen LogP contribution in [0.1, 0.15) is 23.0 Å². The predicted octanol–water partition coefficient (Wildman–Crippen LogP) is 4.06. The molecule has 2 heterocycles. The molecule has 26 heavy (non-hydrogen) atoms. The van der Waals surface area contributed by atoms with E-state index in [1.54, 1.807) is 43.5 Å². The maximum absolute atomic E-state index is 14.0. The molecule has 1 N–H and O–H groups in total. The third-order valence-corrected chi connectivity index (χ3v) is 3.99. The number of halogens is 3. The number of carbonyl (C=O) groups is 1. The summed E-state index contributed by atoms with van der Waals surface area (Å²) in [7, 11) is 0. The van der Waals surface area contributed by atoms with Crippen molar-refractivity contribution in [2.45, 2.75) is 19.5 Å². The van der Waals surface area contributed by atoms with Crippen LogP contribution in [0.25, 0.3) is 11.0 Å². The second-order valence-corrected chi connectivity index (χ2v) is 6.70. The lowest BCUT2D eigenvalue weighted by molar-refractivity contribution is 0.0942. The minimum atomic E-state index is -0.395. The van der Waals surface area contributed by atoms with Gasteiger partial charge in [-0.25, -0.2) is 14.1 Å². The Balaban J connectivity index is 1.96. The molecule has 0 spiro atoms. The Kier molecular flexibility index (Phi) is 5.54. The van der Waals surface area contributed by atoms with Crippen LogP contribution < -0.4 is 5.32 Å². The number of nitrogens with zero attached hydrogens (tertiary/aromatic N) is 3. The van der Waals surface area contributed by atoms with Gasteiger partial charge in [0.25, 0.3) is 5.91 Å². The van der Waals surface area contributed by atoms with Crippen LogP contribution in [0.5, 0.6) is 0 Å². The van der Waals surface area contributed by atoms with Gasteiger partial charge in [0.2, 0.25) is 0 Å². The summed E-state index contributed by atoms with van der Waals surface area (Å²) >= 11 is 11.2. The SMILES string of the molecule is CC(C=C(Cl)Cl)NC(=O)c1nn(Cc2ccccc2F)c2ncccc12. The number of nitrogens with one attached hydrogen (secondary N) is 1. The van der Waals surface area contributed by atoms with Gasteiger partial charge in [-0.3, -0.25) is 4.79 Å². The maximum Gasteiger partial charge on any atom is 0.272 e. The Morgan fingerprint density at radius 3 is 2.81 bits per heavy atom. The van der Waals surface area contributed by atoms with Gasteiger partial charge < -0.3 is 5.32 Å². The molecule has 0 saturated carbocycles. The van der Waals surface area contributed by atoms with E-state index in [4.69, 9.17) is 23.2 Å². The zero-order valence-electron chi connectivity index (χ0n) is 13.8. The Labute approximate surface area is 159 Å². The fraction of sp³-hybridized carbons (Fsp3) is 0.167. The second-order valence-electron chi connectivity index (χ2n) is 5.69. The van der Waals surface area contributed by atoms with Gasteiger partial charge in [0.1, 0.15) is 10.3 Å². The summed E-state index contributed by atoms with van der Waals surface area (Å²) in [6.45, 7) is 1.90. The number of pyridine rings is 1. The van der Waals surface area contributed by atoms with Crippen LogP contribution in [0, 0.1) is 5.82 Å². The number of hydrogen-bond donors (Lipinski definition) is 1. The average molecular weight is 393 g/mol. The van der Waals surface area contributed by atoms with Crippen LogP contribution in [0.2, 0.25) is 0 Å². The number of carbonyl (C=O) groups excluding carboxylic acids is 1. The van der Waals surface area contributed by atoms with E-state index in [0.717, 1.165) is 0 Å².